The smallest absolute Gasteiger partial charge is 0.122 e. The molecule has 0 unspecified atom stereocenters. The van der Waals surface area contributed by atoms with Crippen LogP contribution in [0.4, 0.5) is 0 Å². The van der Waals surface area contributed by atoms with Crippen LogP contribution < -0.4 is 0 Å². The summed E-state index contributed by atoms with van der Waals surface area (Å²) in [5.41, 5.74) is 4.50. The van der Waals surface area contributed by atoms with Crippen LogP contribution in [0.1, 0.15) is 11.1 Å². The Balaban J connectivity index is 1.79. The van der Waals surface area contributed by atoms with E-state index in [-0.39, 0.29) is 0 Å². The fraction of sp³-hybridized carbons (Fsp3) is 0. The molecule has 0 saturated heterocycles. The molecule has 0 aliphatic carbocycles. The van der Waals surface area contributed by atoms with Gasteiger partial charge in [-0.15, -0.1) is 0 Å². The van der Waals surface area contributed by atoms with Gasteiger partial charge in [0.05, 0.1) is 39.8 Å². The average Bonchev–Trinajstić information content (AvgIpc) is 3.39. The van der Waals surface area contributed by atoms with Crippen LogP contribution in [0.3, 0.4) is 0 Å². The molecule has 0 aliphatic rings. The minimum Gasteiger partial charge on any atom is -0.302 e. The van der Waals surface area contributed by atoms with E-state index in [0.717, 1.165) is 38.5 Å². The molecule has 0 atom stereocenters. The summed E-state index contributed by atoms with van der Waals surface area (Å²) in [5.74, 6) is 1.02. The van der Waals surface area contributed by atoms with E-state index in [1.54, 1.807) is 0 Å². The lowest BCUT2D eigenvalue weighted by molar-refractivity contribution is 1.02. The Kier molecular flexibility index (Phi) is 3.27. The van der Waals surface area contributed by atoms with E-state index < -0.39 is 0 Å². The molecule has 0 amide bonds. The van der Waals surface area contributed by atoms with Crippen LogP contribution in [0.5, 0.6) is 0 Å². The maximum atomic E-state index is 9.33. The summed E-state index contributed by atoms with van der Waals surface area (Å²) in [4.78, 5) is 0. The molecule has 4 heteroatoms. The van der Waals surface area contributed by atoms with Gasteiger partial charge in [0.15, 0.2) is 0 Å². The Morgan fingerprint density at radius 3 is 2.13 bits per heavy atom. The van der Waals surface area contributed by atoms with Gasteiger partial charge in [-0.25, -0.2) is 0 Å². The van der Waals surface area contributed by atoms with E-state index in [1.807, 2.05) is 54.7 Å². The van der Waals surface area contributed by atoms with Gasteiger partial charge in [0, 0.05) is 22.4 Å². The Morgan fingerprint density at radius 1 is 0.600 bits per heavy atom. The Morgan fingerprint density at radius 2 is 1.33 bits per heavy atom. The van der Waals surface area contributed by atoms with Crippen molar-refractivity contribution in [2.24, 2.45) is 0 Å². The third-order valence-electron chi connectivity index (χ3n) is 5.75. The van der Waals surface area contributed by atoms with Crippen LogP contribution in [0.25, 0.3) is 43.9 Å². The molecule has 0 N–H and O–H groups in total. The number of benzene rings is 3. The zero-order chi connectivity index (χ0) is 20.2. The van der Waals surface area contributed by atoms with Gasteiger partial charge >= 0.3 is 0 Å². The third kappa shape index (κ3) is 2.19. The Hall–Kier alpha value is -4.54. The average molecular weight is 382 g/mol. The molecule has 0 saturated carbocycles. The second kappa shape index (κ2) is 5.98. The lowest BCUT2D eigenvalue weighted by atomic mass is 10.1. The fourth-order valence-corrected chi connectivity index (χ4v) is 4.38. The number of pyridine rings is 1. The molecule has 3 aromatic heterocycles. The number of fused-ring (bicyclic) bond motifs is 6. The van der Waals surface area contributed by atoms with Crippen molar-refractivity contribution >= 4 is 38.1 Å². The molecule has 3 heterocycles. The summed E-state index contributed by atoms with van der Waals surface area (Å²) >= 11 is 0. The maximum absolute atomic E-state index is 9.33. The lowest BCUT2D eigenvalue weighted by Gasteiger charge is -2.13. The zero-order valence-electron chi connectivity index (χ0n) is 15.9. The van der Waals surface area contributed by atoms with Crippen molar-refractivity contribution in [3.63, 3.8) is 0 Å². The summed E-state index contributed by atoms with van der Waals surface area (Å²) < 4.78 is 4.41. The SMILES string of the molecule is N#Cc1ccc2c(ccn2-c2cc3ccccc3c3cc4cc(C#N)ccc4n23)c1. The highest BCUT2D eigenvalue weighted by Gasteiger charge is 2.14. The first-order valence-electron chi connectivity index (χ1n) is 9.65. The summed E-state index contributed by atoms with van der Waals surface area (Å²) in [6.45, 7) is 0. The number of rotatable bonds is 1. The van der Waals surface area contributed by atoms with Gasteiger partial charge in [0.25, 0.3) is 0 Å². The highest BCUT2D eigenvalue weighted by Crippen LogP contribution is 2.32. The molecule has 0 fully saturated rings. The van der Waals surface area contributed by atoms with Gasteiger partial charge in [0.2, 0.25) is 0 Å². The van der Waals surface area contributed by atoms with Crippen LogP contribution in [-0.2, 0) is 0 Å². The van der Waals surface area contributed by atoms with Crippen molar-refractivity contribution in [3.8, 4) is 18.0 Å². The predicted molar refractivity (Wildman–Crippen MR) is 119 cm³/mol. The molecule has 3 aromatic carbocycles. The molecule has 138 valence electrons. The van der Waals surface area contributed by atoms with Gasteiger partial charge in [-0.3, -0.25) is 4.40 Å². The molecule has 6 rings (SSSR count). The standard InChI is InChI=1S/C26H14N4/c27-15-17-5-7-23-20(11-17)9-10-29(23)26-14-19-3-1-2-4-22(19)25-13-21-12-18(16-28)6-8-24(21)30(25)26/h1-14H. The van der Waals surface area contributed by atoms with Crippen molar-refractivity contribution < 1.29 is 0 Å². The normalized spacial score (nSPS) is 11.3. The summed E-state index contributed by atoms with van der Waals surface area (Å²) in [6, 6.07) is 30.8. The molecule has 6 aromatic rings. The molecule has 0 radical (unpaired) electrons. The van der Waals surface area contributed by atoms with Crippen molar-refractivity contribution in [2.75, 3.05) is 0 Å². The van der Waals surface area contributed by atoms with Crippen molar-refractivity contribution in [3.05, 3.63) is 96.2 Å². The molecule has 0 aliphatic heterocycles. The van der Waals surface area contributed by atoms with Gasteiger partial charge in [-0.1, -0.05) is 24.3 Å². The van der Waals surface area contributed by atoms with Crippen LogP contribution >= 0.6 is 0 Å². The maximum Gasteiger partial charge on any atom is 0.122 e. The number of nitrogens with zero attached hydrogens (tertiary/aromatic N) is 4. The van der Waals surface area contributed by atoms with E-state index in [0.29, 0.717) is 11.1 Å². The molecule has 4 nitrogen and oxygen atoms in total. The van der Waals surface area contributed by atoms with E-state index in [2.05, 4.69) is 51.4 Å². The first kappa shape index (κ1) is 16.4. The van der Waals surface area contributed by atoms with Gasteiger partial charge in [-0.05, 0) is 60.0 Å². The van der Waals surface area contributed by atoms with Gasteiger partial charge in [0.1, 0.15) is 5.82 Å². The highest BCUT2D eigenvalue weighted by molar-refractivity contribution is 6.04. The number of hydrogen-bond acceptors (Lipinski definition) is 2. The topological polar surface area (TPSA) is 56.9 Å². The van der Waals surface area contributed by atoms with Crippen molar-refractivity contribution in [2.45, 2.75) is 0 Å². The summed E-state index contributed by atoms with van der Waals surface area (Å²) in [6.07, 6.45) is 2.05. The molecule has 0 spiro atoms. The minimum atomic E-state index is 0.652. The van der Waals surface area contributed by atoms with Crippen LogP contribution in [-0.4, -0.2) is 8.97 Å². The molecule has 0 bridgehead atoms. The molecule has 30 heavy (non-hydrogen) atoms. The van der Waals surface area contributed by atoms with E-state index in [4.69, 9.17) is 0 Å². The van der Waals surface area contributed by atoms with E-state index >= 15 is 0 Å². The fourth-order valence-electron chi connectivity index (χ4n) is 4.38. The summed E-state index contributed by atoms with van der Waals surface area (Å²) in [7, 11) is 0. The minimum absolute atomic E-state index is 0.652. The van der Waals surface area contributed by atoms with Crippen LogP contribution in [0.2, 0.25) is 0 Å². The van der Waals surface area contributed by atoms with Gasteiger partial charge < -0.3 is 4.57 Å². The second-order valence-electron chi connectivity index (χ2n) is 7.41. The van der Waals surface area contributed by atoms with E-state index in [9.17, 15) is 10.5 Å². The Bertz CT molecular complexity index is 1720. The van der Waals surface area contributed by atoms with Crippen molar-refractivity contribution in [1.29, 1.82) is 10.5 Å². The van der Waals surface area contributed by atoms with E-state index in [1.165, 1.54) is 5.39 Å². The number of nitriles is 2. The number of hydrogen-bond donors (Lipinski definition) is 0. The largest absolute Gasteiger partial charge is 0.302 e. The van der Waals surface area contributed by atoms with Crippen molar-refractivity contribution in [1.82, 2.24) is 8.97 Å². The van der Waals surface area contributed by atoms with Crippen LogP contribution in [0.15, 0.2) is 85.1 Å². The van der Waals surface area contributed by atoms with Gasteiger partial charge in [-0.2, -0.15) is 10.5 Å². The summed E-state index contributed by atoms with van der Waals surface area (Å²) in [5, 5.41) is 22.9. The first-order chi connectivity index (χ1) is 14.8. The molecular weight excluding hydrogens is 368 g/mol. The first-order valence-corrected chi connectivity index (χ1v) is 9.65. The third-order valence-corrected chi connectivity index (χ3v) is 5.75. The number of aromatic nitrogens is 2. The van der Waals surface area contributed by atoms with Crippen LogP contribution in [0, 0.1) is 22.7 Å². The highest BCUT2D eigenvalue weighted by atomic mass is 15.1. The second-order valence-corrected chi connectivity index (χ2v) is 7.41. The lowest BCUT2D eigenvalue weighted by Crippen LogP contribution is -2.01. The quantitative estimate of drug-likeness (QED) is 0.354. The zero-order valence-corrected chi connectivity index (χ0v) is 15.9. The predicted octanol–water partition coefficient (Wildman–Crippen LogP) is 5.93. The molecular formula is C26H14N4. The Labute approximate surface area is 172 Å². The monoisotopic (exact) mass is 382 g/mol.